The van der Waals surface area contributed by atoms with Crippen LogP contribution in [0.25, 0.3) is 0 Å². The molecule has 2 aromatic carbocycles. The van der Waals surface area contributed by atoms with Gasteiger partial charge in [0, 0.05) is 24.3 Å². The number of nitrogens with two attached hydrogens (primary N) is 1. The molecule has 25 heavy (non-hydrogen) atoms. The van der Waals surface area contributed by atoms with Crippen LogP contribution < -0.4 is 16.0 Å². The molecule has 0 bridgehead atoms. The minimum atomic E-state index is -0.621. The molecule has 3 N–H and O–H groups in total. The fraction of sp³-hybridized carbons (Fsp3) is 0.263. The molecule has 2 amide bonds. The summed E-state index contributed by atoms with van der Waals surface area (Å²) in [6, 6.07) is 16.4. The first-order valence-corrected chi connectivity index (χ1v) is 8.14. The highest BCUT2D eigenvalue weighted by atomic mass is 35.5. The second-order valence-electron chi connectivity index (χ2n) is 5.98. The number of carbonyl (C=O) groups excluding carboxylic acids is 2. The third kappa shape index (κ3) is 4.81. The molecule has 1 aliphatic rings. The number of anilines is 2. The van der Waals surface area contributed by atoms with Crippen molar-refractivity contribution in [3.05, 3.63) is 60.2 Å². The number of nitrogens with one attached hydrogen (secondary N) is 1. The van der Waals surface area contributed by atoms with E-state index < -0.39 is 6.04 Å². The summed E-state index contributed by atoms with van der Waals surface area (Å²) < 4.78 is 0. The van der Waals surface area contributed by atoms with Crippen LogP contribution in [0.15, 0.2) is 54.6 Å². The van der Waals surface area contributed by atoms with Crippen LogP contribution >= 0.6 is 12.4 Å². The van der Waals surface area contributed by atoms with Gasteiger partial charge in [0.05, 0.1) is 6.04 Å². The summed E-state index contributed by atoms with van der Waals surface area (Å²) in [4.78, 5) is 25.9. The SMILES string of the molecule is Cl.NC(Cc1ccccc1)C(=O)Nc1cccc(N2CCCC2=O)c1. The fourth-order valence-corrected chi connectivity index (χ4v) is 2.87. The third-order valence-electron chi connectivity index (χ3n) is 4.13. The molecule has 132 valence electrons. The number of amides is 2. The van der Waals surface area contributed by atoms with Gasteiger partial charge < -0.3 is 16.0 Å². The molecule has 0 radical (unpaired) electrons. The van der Waals surface area contributed by atoms with Crippen molar-refractivity contribution in [1.29, 1.82) is 0 Å². The summed E-state index contributed by atoms with van der Waals surface area (Å²) in [6.07, 6.45) is 1.94. The van der Waals surface area contributed by atoms with Crippen molar-refractivity contribution in [3.63, 3.8) is 0 Å². The minimum absolute atomic E-state index is 0. The fourth-order valence-electron chi connectivity index (χ4n) is 2.87. The number of nitrogens with zero attached hydrogens (tertiary/aromatic N) is 1. The highest BCUT2D eigenvalue weighted by Crippen LogP contribution is 2.24. The Hall–Kier alpha value is -2.37. The molecule has 2 aromatic rings. The predicted molar refractivity (Wildman–Crippen MR) is 102 cm³/mol. The average molecular weight is 360 g/mol. The molecule has 6 heteroatoms. The number of benzene rings is 2. The molecule has 1 unspecified atom stereocenters. The standard InChI is InChI=1S/C19H21N3O2.ClH/c20-17(12-14-6-2-1-3-7-14)19(24)21-15-8-4-9-16(13-15)22-11-5-10-18(22)23;/h1-4,6-9,13,17H,5,10-12,20H2,(H,21,24);1H. The third-order valence-corrected chi connectivity index (χ3v) is 4.13. The number of rotatable bonds is 5. The molecule has 1 heterocycles. The number of halogens is 1. The largest absolute Gasteiger partial charge is 0.325 e. The summed E-state index contributed by atoms with van der Waals surface area (Å²) >= 11 is 0. The Kier molecular flexibility index (Phi) is 6.56. The molecule has 0 saturated carbocycles. The zero-order valence-corrected chi connectivity index (χ0v) is 14.7. The summed E-state index contributed by atoms with van der Waals surface area (Å²) in [7, 11) is 0. The van der Waals surface area contributed by atoms with Crippen molar-refractivity contribution in [1.82, 2.24) is 0 Å². The van der Waals surface area contributed by atoms with Crippen LogP contribution in [0.5, 0.6) is 0 Å². The van der Waals surface area contributed by atoms with Gasteiger partial charge in [-0.2, -0.15) is 0 Å². The molecule has 0 aromatic heterocycles. The summed E-state index contributed by atoms with van der Waals surface area (Å²) in [5, 5.41) is 2.84. The molecule has 1 aliphatic heterocycles. The van der Waals surface area contributed by atoms with E-state index in [1.54, 1.807) is 11.0 Å². The molecule has 3 rings (SSSR count). The molecule has 0 spiro atoms. The van der Waals surface area contributed by atoms with Crippen LogP contribution in [0.2, 0.25) is 0 Å². The lowest BCUT2D eigenvalue weighted by Crippen LogP contribution is -2.37. The van der Waals surface area contributed by atoms with Gasteiger partial charge in [-0.15, -0.1) is 12.4 Å². The van der Waals surface area contributed by atoms with E-state index in [1.165, 1.54) is 0 Å². The first kappa shape index (κ1) is 19.0. The van der Waals surface area contributed by atoms with Crippen LogP contribution in [-0.4, -0.2) is 24.4 Å². The second kappa shape index (κ2) is 8.65. The van der Waals surface area contributed by atoms with Crippen molar-refractivity contribution in [3.8, 4) is 0 Å². The van der Waals surface area contributed by atoms with Crippen LogP contribution in [0.4, 0.5) is 11.4 Å². The number of hydrogen-bond donors (Lipinski definition) is 2. The molecule has 1 fully saturated rings. The van der Waals surface area contributed by atoms with E-state index in [1.807, 2.05) is 48.5 Å². The first-order chi connectivity index (χ1) is 11.6. The van der Waals surface area contributed by atoms with Crippen LogP contribution in [0.1, 0.15) is 18.4 Å². The Morgan fingerprint density at radius 2 is 1.92 bits per heavy atom. The topological polar surface area (TPSA) is 75.4 Å². The first-order valence-electron chi connectivity index (χ1n) is 8.14. The Morgan fingerprint density at radius 1 is 1.16 bits per heavy atom. The van der Waals surface area contributed by atoms with Gasteiger partial charge in [-0.1, -0.05) is 36.4 Å². The second-order valence-corrected chi connectivity index (χ2v) is 5.98. The van der Waals surface area contributed by atoms with Crippen LogP contribution in [0, 0.1) is 0 Å². The Labute approximate surface area is 153 Å². The molecule has 5 nitrogen and oxygen atoms in total. The van der Waals surface area contributed by atoms with Gasteiger partial charge in [0.1, 0.15) is 0 Å². The Morgan fingerprint density at radius 3 is 2.60 bits per heavy atom. The van der Waals surface area contributed by atoms with Gasteiger partial charge in [0.2, 0.25) is 11.8 Å². The summed E-state index contributed by atoms with van der Waals surface area (Å²) in [5.74, 6) is -0.108. The lowest BCUT2D eigenvalue weighted by molar-refractivity contribution is -0.118. The normalized spacial score (nSPS) is 14.8. The number of carbonyl (C=O) groups is 2. The van der Waals surface area contributed by atoms with Crippen molar-refractivity contribution in [2.24, 2.45) is 5.73 Å². The van der Waals surface area contributed by atoms with Crippen molar-refractivity contribution in [2.75, 3.05) is 16.8 Å². The molecule has 1 saturated heterocycles. The van der Waals surface area contributed by atoms with E-state index in [9.17, 15) is 9.59 Å². The Balaban J connectivity index is 0.00000225. The van der Waals surface area contributed by atoms with Gasteiger partial charge in [-0.05, 0) is 36.6 Å². The van der Waals surface area contributed by atoms with E-state index in [4.69, 9.17) is 5.73 Å². The summed E-state index contributed by atoms with van der Waals surface area (Å²) in [6.45, 7) is 0.726. The maximum absolute atomic E-state index is 12.3. The van der Waals surface area contributed by atoms with Gasteiger partial charge in [0.25, 0.3) is 0 Å². The maximum Gasteiger partial charge on any atom is 0.241 e. The van der Waals surface area contributed by atoms with Crippen molar-refractivity contribution in [2.45, 2.75) is 25.3 Å². The quantitative estimate of drug-likeness (QED) is 0.861. The zero-order valence-electron chi connectivity index (χ0n) is 13.9. The highest BCUT2D eigenvalue weighted by Gasteiger charge is 2.22. The van der Waals surface area contributed by atoms with E-state index in [0.717, 1.165) is 24.2 Å². The monoisotopic (exact) mass is 359 g/mol. The molecule has 1 atom stereocenters. The average Bonchev–Trinajstić information content (AvgIpc) is 3.02. The highest BCUT2D eigenvalue weighted by molar-refractivity contribution is 5.98. The predicted octanol–water partition coefficient (Wildman–Crippen LogP) is 2.74. The molecular weight excluding hydrogens is 338 g/mol. The maximum atomic E-state index is 12.3. The lowest BCUT2D eigenvalue weighted by Gasteiger charge is -2.17. The minimum Gasteiger partial charge on any atom is -0.325 e. The van der Waals surface area contributed by atoms with Crippen LogP contribution in [0.3, 0.4) is 0 Å². The smallest absolute Gasteiger partial charge is 0.241 e. The molecule has 0 aliphatic carbocycles. The molecular formula is C19H22ClN3O2. The van der Waals surface area contributed by atoms with E-state index in [2.05, 4.69) is 5.32 Å². The van der Waals surface area contributed by atoms with Gasteiger partial charge in [-0.3, -0.25) is 9.59 Å². The lowest BCUT2D eigenvalue weighted by atomic mass is 10.1. The Bertz CT molecular complexity index is 736. The van der Waals surface area contributed by atoms with Gasteiger partial charge in [0.15, 0.2) is 0 Å². The van der Waals surface area contributed by atoms with E-state index >= 15 is 0 Å². The summed E-state index contributed by atoms with van der Waals surface area (Å²) in [5.41, 5.74) is 8.49. The van der Waals surface area contributed by atoms with Crippen LogP contribution in [-0.2, 0) is 16.0 Å². The van der Waals surface area contributed by atoms with E-state index in [-0.39, 0.29) is 24.2 Å². The van der Waals surface area contributed by atoms with Crippen molar-refractivity contribution < 1.29 is 9.59 Å². The van der Waals surface area contributed by atoms with E-state index in [0.29, 0.717) is 18.5 Å². The van der Waals surface area contributed by atoms with Gasteiger partial charge >= 0.3 is 0 Å². The van der Waals surface area contributed by atoms with Gasteiger partial charge in [-0.25, -0.2) is 0 Å². The van der Waals surface area contributed by atoms with Crippen molar-refractivity contribution >= 4 is 35.6 Å². The zero-order chi connectivity index (χ0) is 16.9. The number of hydrogen-bond acceptors (Lipinski definition) is 3.